The fourth-order valence-corrected chi connectivity index (χ4v) is 4.31. The number of methoxy groups -OCH3 is 1. The van der Waals surface area contributed by atoms with E-state index in [2.05, 4.69) is 19.8 Å². The van der Waals surface area contributed by atoms with Crippen molar-refractivity contribution in [3.63, 3.8) is 0 Å². The molecule has 0 unspecified atom stereocenters. The highest BCUT2D eigenvalue weighted by molar-refractivity contribution is 5.77. The number of rotatable bonds is 7. The number of aromatic nitrogens is 2. The lowest BCUT2D eigenvalue weighted by molar-refractivity contribution is -0.149. The second-order valence-corrected chi connectivity index (χ2v) is 7.45. The van der Waals surface area contributed by atoms with Crippen molar-refractivity contribution in [1.82, 2.24) is 19.8 Å². The molecule has 8 nitrogen and oxygen atoms in total. The Morgan fingerprint density at radius 1 is 1.33 bits per heavy atom. The average molecular weight is 372 g/mol. The summed E-state index contributed by atoms with van der Waals surface area (Å²) in [5, 5.41) is 9.92. The Labute approximate surface area is 157 Å². The van der Waals surface area contributed by atoms with Crippen molar-refractivity contribution in [3.05, 3.63) is 36.4 Å². The average Bonchev–Trinajstić information content (AvgIpc) is 3.35. The van der Waals surface area contributed by atoms with Crippen LogP contribution in [0.5, 0.6) is 0 Å². The molecule has 2 aliphatic rings. The first-order chi connectivity index (χ1) is 13.1. The van der Waals surface area contributed by atoms with Crippen LogP contribution in [0.25, 0.3) is 11.6 Å². The second kappa shape index (κ2) is 7.38. The summed E-state index contributed by atoms with van der Waals surface area (Å²) < 4.78 is 10.4. The Bertz CT molecular complexity index is 780. The number of fused-ring (bicyclic) bond motifs is 1. The number of hydrogen-bond acceptors (Lipinski definition) is 7. The highest BCUT2D eigenvalue weighted by Crippen LogP contribution is 2.43. The summed E-state index contributed by atoms with van der Waals surface area (Å²) >= 11 is 0. The first-order valence-electron chi connectivity index (χ1n) is 9.12. The number of furan rings is 1. The zero-order chi connectivity index (χ0) is 18.9. The molecule has 4 heterocycles. The van der Waals surface area contributed by atoms with Gasteiger partial charge in [-0.2, -0.15) is 0 Å². The van der Waals surface area contributed by atoms with Gasteiger partial charge in [0, 0.05) is 70.3 Å². The number of carboxylic acid groups (broad SMARTS) is 1. The maximum absolute atomic E-state index is 12.1. The molecule has 2 fully saturated rings. The number of carbonyl (C=O) groups is 1. The molecule has 144 valence electrons. The molecule has 0 spiro atoms. The number of likely N-dealkylation sites (tertiary alicyclic amines) is 2. The topological polar surface area (TPSA) is 91.9 Å². The number of aliphatic carboxylic acids is 1. The van der Waals surface area contributed by atoms with Crippen molar-refractivity contribution < 1.29 is 19.1 Å². The minimum atomic E-state index is -0.695. The molecule has 2 atom stereocenters. The summed E-state index contributed by atoms with van der Waals surface area (Å²) in [7, 11) is 1.67. The lowest BCUT2D eigenvalue weighted by atomic mass is 9.81. The van der Waals surface area contributed by atoms with Gasteiger partial charge in [-0.05, 0) is 12.1 Å². The molecule has 0 aliphatic carbocycles. The van der Waals surface area contributed by atoms with Crippen LogP contribution in [0.4, 0.5) is 0 Å². The lowest BCUT2D eigenvalue weighted by Gasteiger charge is -2.25. The van der Waals surface area contributed by atoms with Gasteiger partial charge in [-0.25, -0.2) is 9.97 Å². The van der Waals surface area contributed by atoms with Crippen LogP contribution in [0, 0.1) is 11.3 Å². The monoisotopic (exact) mass is 372 g/mol. The smallest absolute Gasteiger partial charge is 0.312 e. The van der Waals surface area contributed by atoms with E-state index in [4.69, 9.17) is 9.15 Å². The maximum atomic E-state index is 12.1. The van der Waals surface area contributed by atoms with Crippen LogP contribution in [0.3, 0.4) is 0 Å². The van der Waals surface area contributed by atoms with Crippen LogP contribution in [-0.2, 0) is 16.1 Å². The summed E-state index contributed by atoms with van der Waals surface area (Å²) in [6, 6.07) is 3.62. The molecule has 0 amide bonds. The predicted molar refractivity (Wildman–Crippen MR) is 96.9 cm³/mol. The van der Waals surface area contributed by atoms with E-state index in [1.165, 1.54) is 0 Å². The standard InChI is InChI=1S/C19H24N4O4/c1-26-6-4-22-10-15-11-23(13-19(15,12-22)18(24)25)9-14-7-20-17(21-8-14)16-3-2-5-27-16/h2-3,5,7-8,15H,4,6,9-13H2,1H3,(H,24,25)/t15-,19-/m1/s1. The number of carboxylic acids is 1. The summed E-state index contributed by atoms with van der Waals surface area (Å²) in [5.41, 5.74) is 0.282. The van der Waals surface area contributed by atoms with Crippen LogP contribution in [0.2, 0.25) is 0 Å². The number of hydrogen-bond donors (Lipinski definition) is 1. The molecule has 2 saturated heterocycles. The van der Waals surface area contributed by atoms with Gasteiger partial charge in [-0.3, -0.25) is 14.6 Å². The van der Waals surface area contributed by atoms with Crippen molar-refractivity contribution in [3.8, 4) is 11.6 Å². The zero-order valence-corrected chi connectivity index (χ0v) is 15.4. The van der Waals surface area contributed by atoms with E-state index in [0.717, 1.165) is 25.2 Å². The van der Waals surface area contributed by atoms with Gasteiger partial charge < -0.3 is 14.3 Å². The molecule has 2 aliphatic heterocycles. The van der Waals surface area contributed by atoms with E-state index in [1.54, 1.807) is 31.8 Å². The molecule has 0 bridgehead atoms. The van der Waals surface area contributed by atoms with Gasteiger partial charge in [-0.1, -0.05) is 0 Å². The molecule has 0 radical (unpaired) electrons. The summed E-state index contributed by atoms with van der Waals surface area (Å²) in [6.45, 7) is 4.78. The van der Waals surface area contributed by atoms with E-state index < -0.39 is 11.4 Å². The minimum Gasteiger partial charge on any atom is -0.481 e. The normalized spacial score (nSPS) is 25.7. The predicted octanol–water partition coefficient (Wildman–Crippen LogP) is 1.20. The number of ether oxygens (including phenoxy) is 1. The van der Waals surface area contributed by atoms with E-state index in [0.29, 0.717) is 37.8 Å². The molecule has 4 rings (SSSR count). The van der Waals surface area contributed by atoms with Crippen LogP contribution < -0.4 is 0 Å². The molecule has 8 heteroatoms. The van der Waals surface area contributed by atoms with E-state index in [-0.39, 0.29) is 5.92 Å². The largest absolute Gasteiger partial charge is 0.481 e. The SMILES string of the molecule is COCCN1C[C@@H]2CN(Cc3cnc(-c4ccco4)nc3)C[C@]2(C(=O)O)C1. The Kier molecular flexibility index (Phi) is 4.94. The fourth-order valence-electron chi connectivity index (χ4n) is 4.31. The Morgan fingerprint density at radius 3 is 2.70 bits per heavy atom. The van der Waals surface area contributed by atoms with E-state index in [1.807, 2.05) is 6.07 Å². The molecule has 27 heavy (non-hydrogen) atoms. The summed E-state index contributed by atoms with van der Waals surface area (Å²) in [4.78, 5) is 25.2. The van der Waals surface area contributed by atoms with Crippen LogP contribution in [-0.4, -0.2) is 77.3 Å². The molecule has 0 aromatic carbocycles. The van der Waals surface area contributed by atoms with Crippen LogP contribution in [0.15, 0.2) is 35.2 Å². The molecular formula is C19H24N4O4. The van der Waals surface area contributed by atoms with Gasteiger partial charge in [0.25, 0.3) is 0 Å². The zero-order valence-electron chi connectivity index (χ0n) is 15.4. The van der Waals surface area contributed by atoms with Gasteiger partial charge in [0.15, 0.2) is 11.6 Å². The van der Waals surface area contributed by atoms with Crippen LogP contribution >= 0.6 is 0 Å². The van der Waals surface area contributed by atoms with Crippen molar-refractivity contribution in [1.29, 1.82) is 0 Å². The van der Waals surface area contributed by atoms with E-state index >= 15 is 0 Å². The third-order valence-electron chi connectivity index (χ3n) is 5.64. The molecule has 2 aromatic rings. The summed E-state index contributed by atoms with van der Waals surface area (Å²) in [5.74, 6) is 0.630. The first kappa shape index (κ1) is 18.1. The molecule has 0 saturated carbocycles. The lowest BCUT2D eigenvalue weighted by Crippen LogP contribution is -2.41. The third kappa shape index (κ3) is 3.47. The van der Waals surface area contributed by atoms with Gasteiger partial charge in [0.2, 0.25) is 0 Å². The Hall–Kier alpha value is -2.29. The van der Waals surface area contributed by atoms with Crippen molar-refractivity contribution in [2.75, 3.05) is 46.4 Å². The number of nitrogens with zero attached hydrogens (tertiary/aromatic N) is 4. The van der Waals surface area contributed by atoms with Crippen molar-refractivity contribution in [2.24, 2.45) is 11.3 Å². The second-order valence-electron chi connectivity index (χ2n) is 7.45. The molecular weight excluding hydrogens is 348 g/mol. The maximum Gasteiger partial charge on any atom is 0.312 e. The van der Waals surface area contributed by atoms with Gasteiger partial charge in [-0.15, -0.1) is 0 Å². The quantitative estimate of drug-likeness (QED) is 0.775. The van der Waals surface area contributed by atoms with Crippen LogP contribution in [0.1, 0.15) is 5.56 Å². The summed E-state index contributed by atoms with van der Waals surface area (Å²) in [6.07, 6.45) is 5.17. The highest BCUT2D eigenvalue weighted by atomic mass is 16.5. The van der Waals surface area contributed by atoms with Crippen molar-refractivity contribution >= 4 is 5.97 Å². The minimum absolute atomic E-state index is 0.134. The van der Waals surface area contributed by atoms with Crippen molar-refractivity contribution in [2.45, 2.75) is 6.54 Å². The van der Waals surface area contributed by atoms with Gasteiger partial charge >= 0.3 is 5.97 Å². The first-order valence-corrected chi connectivity index (χ1v) is 9.12. The highest BCUT2D eigenvalue weighted by Gasteiger charge is 2.57. The molecule has 2 aromatic heterocycles. The van der Waals surface area contributed by atoms with Gasteiger partial charge in [0.1, 0.15) is 0 Å². The fraction of sp³-hybridized carbons (Fsp3) is 0.526. The Balaban J connectivity index is 1.41. The Morgan fingerprint density at radius 2 is 2.07 bits per heavy atom. The molecule has 1 N–H and O–H groups in total. The van der Waals surface area contributed by atoms with E-state index in [9.17, 15) is 9.90 Å². The third-order valence-corrected chi connectivity index (χ3v) is 5.64. The van der Waals surface area contributed by atoms with Gasteiger partial charge in [0.05, 0.1) is 18.3 Å².